The SMILES string of the molecule is CCOC(=O)Cc1nc(F)c(C)cc1C(F)F. The third-order valence-corrected chi connectivity index (χ3v) is 2.12. The molecule has 0 atom stereocenters. The van der Waals surface area contributed by atoms with E-state index in [1.807, 2.05) is 0 Å². The summed E-state index contributed by atoms with van der Waals surface area (Å²) >= 11 is 0. The summed E-state index contributed by atoms with van der Waals surface area (Å²) in [6.45, 7) is 3.06. The van der Waals surface area contributed by atoms with Gasteiger partial charge in [-0.1, -0.05) is 0 Å². The number of carbonyl (C=O) groups excluding carboxylic acids is 1. The molecule has 0 aliphatic heterocycles. The molecule has 1 aromatic heterocycles. The Bertz CT molecular complexity index is 421. The maximum absolute atomic E-state index is 13.2. The minimum absolute atomic E-state index is 0.0212. The molecule has 0 radical (unpaired) electrons. The summed E-state index contributed by atoms with van der Waals surface area (Å²) in [5.74, 6) is -1.56. The van der Waals surface area contributed by atoms with Crippen molar-refractivity contribution < 1.29 is 22.7 Å². The van der Waals surface area contributed by atoms with Gasteiger partial charge in [-0.25, -0.2) is 13.8 Å². The Hall–Kier alpha value is -1.59. The Labute approximate surface area is 96.6 Å². The summed E-state index contributed by atoms with van der Waals surface area (Å²) in [4.78, 5) is 14.5. The number of alkyl halides is 2. The van der Waals surface area contributed by atoms with Gasteiger partial charge in [0.1, 0.15) is 0 Å². The van der Waals surface area contributed by atoms with Crippen LogP contribution >= 0.6 is 0 Å². The van der Waals surface area contributed by atoms with Crippen LogP contribution in [0.15, 0.2) is 6.07 Å². The molecule has 0 aliphatic carbocycles. The second-order valence-corrected chi connectivity index (χ2v) is 3.41. The molecule has 0 aromatic carbocycles. The third-order valence-electron chi connectivity index (χ3n) is 2.12. The Kier molecular flexibility index (Phi) is 4.48. The molecule has 0 N–H and O–H groups in total. The average Bonchev–Trinajstić information content (AvgIpc) is 2.23. The lowest BCUT2D eigenvalue weighted by Crippen LogP contribution is -2.12. The van der Waals surface area contributed by atoms with E-state index in [9.17, 15) is 18.0 Å². The molecule has 0 spiro atoms. The van der Waals surface area contributed by atoms with Crippen LogP contribution in [0.3, 0.4) is 0 Å². The first-order valence-electron chi connectivity index (χ1n) is 5.05. The number of nitrogens with zero attached hydrogens (tertiary/aromatic N) is 1. The predicted molar refractivity (Wildman–Crippen MR) is 54.2 cm³/mol. The fraction of sp³-hybridized carbons (Fsp3) is 0.455. The Morgan fingerprint density at radius 2 is 2.18 bits per heavy atom. The van der Waals surface area contributed by atoms with Gasteiger partial charge in [0.2, 0.25) is 5.95 Å². The van der Waals surface area contributed by atoms with Crippen LogP contribution in [-0.2, 0) is 16.0 Å². The van der Waals surface area contributed by atoms with Crippen molar-refractivity contribution in [3.8, 4) is 0 Å². The van der Waals surface area contributed by atoms with Crippen LogP contribution in [0.1, 0.15) is 30.2 Å². The zero-order valence-corrected chi connectivity index (χ0v) is 9.47. The van der Waals surface area contributed by atoms with Gasteiger partial charge in [-0.3, -0.25) is 4.79 Å². The van der Waals surface area contributed by atoms with E-state index in [1.54, 1.807) is 6.92 Å². The molecule has 0 saturated carbocycles. The van der Waals surface area contributed by atoms with E-state index in [1.165, 1.54) is 6.92 Å². The highest BCUT2D eigenvalue weighted by Gasteiger charge is 2.19. The van der Waals surface area contributed by atoms with Crippen LogP contribution < -0.4 is 0 Å². The molecule has 94 valence electrons. The highest BCUT2D eigenvalue weighted by Crippen LogP contribution is 2.24. The first kappa shape index (κ1) is 13.5. The summed E-state index contributed by atoms with van der Waals surface area (Å²) in [5, 5.41) is 0. The summed E-state index contributed by atoms with van der Waals surface area (Å²) in [5.41, 5.74) is -0.689. The fourth-order valence-corrected chi connectivity index (χ4v) is 1.33. The van der Waals surface area contributed by atoms with E-state index in [2.05, 4.69) is 9.72 Å². The van der Waals surface area contributed by atoms with Crippen LogP contribution in [0.2, 0.25) is 0 Å². The molecular formula is C11H12F3NO2. The van der Waals surface area contributed by atoms with Crippen LogP contribution in [0, 0.1) is 12.9 Å². The standard InChI is InChI=1S/C11H12F3NO2/c1-3-17-9(16)5-8-7(10(12)13)4-6(2)11(14)15-8/h4,10H,3,5H2,1-2H3. The van der Waals surface area contributed by atoms with Crippen LogP contribution in [0.4, 0.5) is 13.2 Å². The summed E-state index contributed by atoms with van der Waals surface area (Å²) in [6, 6.07) is 1.00. The van der Waals surface area contributed by atoms with Crippen molar-refractivity contribution in [1.29, 1.82) is 0 Å². The molecule has 0 saturated heterocycles. The number of halogens is 3. The van der Waals surface area contributed by atoms with E-state index < -0.39 is 30.3 Å². The zero-order valence-electron chi connectivity index (χ0n) is 9.47. The largest absolute Gasteiger partial charge is 0.466 e. The molecule has 3 nitrogen and oxygen atoms in total. The highest BCUT2D eigenvalue weighted by molar-refractivity contribution is 5.72. The van der Waals surface area contributed by atoms with Crippen molar-refractivity contribution in [2.75, 3.05) is 6.61 Å². The molecule has 0 bridgehead atoms. The first-order chi connectivity index (χ1) is 7.95. The van der Waals surface area contributed by atoms with E-state index in [-0.39, 0.29) is 17.9 Å². The van der Waals surface area contributed by atoms with Crippen LogP contribution in [-0.4, -0.2) is 17.6 Å². The number of esters is 1. The van der Waals surface area contributed by atoms with E-state index in [4.69, 9.17) is 0 Å². The van der Waals surface area contributed by atoms with Crippen molar-refractivity contribution in [3.05, 3.63) is 28.8 Å². The zero-order chi connectivity index (χ0) is 13.0. The average molecular weight is 247 g/mol. The molecule has 1 heterocycles. The molecule has 0 unspecified atom stereocenters. The molecule has 1 aromatic rings. The highest BCUT2D eigenvalue weighted by atomic mass is 19.3. The maximum atomic E-state index is 13.2. The lowest BCUT2D eigenvalue weighted by Gasteiger charge is -2.09. The number of pyridine rings is 1. The summed E-state index contributed by atoms with van der Waals surface area (Å²) < 4.78 is 43.1. The number of hydrogen-bond donors (Lipinski definition) is 0. The van der Waals surface area contributed by atoms with Crippen molar-refractivity contribution in [3.63, 3.8) is 0 Å². The van der Waals surface area contributed by atoms with Crippen molar-refractivity contribution >= 4 is 5.97 Å². The Morgan fingerprint density at radius 3 is 2.71 bits per heavy atom. The lowest BCUT2D eigenvalue weighted by atomic mass is 10.1. The minimum atomic E-state index is -2.80. The van der Waals surface area contributed by atoms with Crippen molar-refractivity contribution in [1.82, 2.24) is 4.98 Å². The Balaban J connectivity index is 3.04. The topological polar surface area (TPSA) is 39.2 Å². The first-order valence-corrected chi connectivity index (χ1v) is 5.05. The quantitative estimate of drug-likeness (QED) is 0.606. The number of ether oxygens (including phenoxy) is 1. The number of aromatic nitrogens is 1. The van der Waals surface area contributed by atoms with Gasteiger partial charge >= 0.3 is 5.97 Å². The normalized spacial score (nSPS) is 10.7. The summed E-state index contributed by atoms with van der Waals surface area (Å²) in [6.07, 6.45) is -3.25. The van der Waals surface area contributed by atoms with Crippen LogP contribution in [0.25, 0.3) is 0 Å². The van der Waals surface area contributed by atoms with Gasteiger partial charge in [-0.15, -0.1) is 0 Å². The number of hydrogen-bond acceptors (Lipinski definition) is 3. The second-order valence-electron chi connectivity index (χ2n) is 3.41. The maximum Gasteiger partial charge on any atom is 0.311 e. The number of rotatable bonds is 4. The van der Waals surface area contributed by atoms with E-state index in [0.717, 1.165) is 6.07 Å². The van der Waals surface area contributed by atoms with Gasteiger partial charge in [0.05, 0.1) is 18.7 Å². The Morgan fingerprint density at radius 1 is 1.53 bits per heavy atom. The molecular weight excluding hydrogens is 235 g/mol. The smallest absolute Gasteiger partial charge is 0.311 e. The van der Waals surface area contributed by atoms with Crippen molar-refractivity contribution in [2.24, 2.45) is 0 Å². The molecule has 1 rings (SSSR count). The van der Waals surface area contributed by atoms with Crippen molar-refractivity contribution in [2.45, 2.75) is 26.7 Å². The van der Waals surface area contributed by atoms with Gasteiger partial charge in [0.25, 0.3) is 6.43 Å². The van der Waals surface area contributed by atoms with E-state index in [0.29, 0.717) is 0 Å². The van der Waals surface area contributed by atoms with Gasteiger partial charge < -0.3 is 4.74 Å². The van der Waals surface area contributed by atoms with E-state index >= 15 is 0 Å². The predicted octanol–water partition coefficient (Wildman–Crippen LogP) is 2.57. The molecule has 6 heteroatoms. The lowest BCUT2D eigenvalue weighted by molar-refractivity contribution is -0.142. The molecule has 0 amide bonds. The fourth-order valence-electron chi connectivity index (χ4n) is 1.33. The van der Waals surface area contributed by atoms with Gasteiger partial charge in [0.15, 0.2) is 0 Å². The van der Waals surface area contributed by atoms with Gasteiger partial charge in [0, 0.05) is 11.1 Å². The van der Waals surface area contributed by atoms with Gasteiger partial charge in [-0.05, 0) is 19.9 Å². The molecule has 17 heavy (non-hydrogen) atoms. The summed E-state index contributed by atoms with van der Waals surface area (Å²) in [7, 11) is 0. The third kappa shape index (κ3) is 3.44. The molecule has 0 fully saturated rings. The van der Waals surface area contributed by atoms with Gasteiger partial charge in [-0.2, -0.15) is 4.39 Å². The second kappa shape index (κ2) is 5.65. The monoisotopic (exact) mass is 247 g/mol. The number of carbonyl (C=O) groups is 1. The number of aryl methyl sites for hydroxylation is 1. The van der Waals surface area contributed by atoms with Crippen LogP contribution in [0.5, 0.6) is 0 Å². The minimum Gasteiger partial charge on any atom is -0.466 e. The molecule has 0 aliphatic rings.